The second-order valence-corrected chi connectivity index (χ2v) is 15.0. The molecule has 0 spiro atoms. The number of pyridine rings is 1. The summed E-state index contributed by atoms with van der Waals surface area (Å²) in [5, 5.41) is 0. The average Bonchev–Trinajstić information content (AvgIpc) is 3.34. The summed E-state index contributed by atoms with van der Waals surface area (Å²) in [6.45, 7) is 4.10. The summed E-state index contributed by atoms with van der Waals surface area (Å²) < 4.78 is 0. The Labute approximate surface area is 360 Å². The third kappa shape index (κ3) is 7.67. The van der Waals surface area contributed by atoms with Gasteiger partial charge in [0.05, 0.1) is 0 Å². The average molecular weight is 798 g/mol. The lowest BCUT2D eigenvalue weighted by atomic mass is 9.85. The van der Waals surface area contributed by atoms with Gasteiger partial charge in [0.2, 0.25) is 0 Å². The van der Waals surface area contributed by atoms with E-state index < -0.39 is 0 Å². The summed E-state index contributed by atoms with van der Waals surface area (Å²) in [5.41, 5.74) is 13.4. The molecule has 62 heavy (non-hydrogen) atoms. The predicted molar refractivity (Wildman–Crippen MR) is 249 cm³/mol. The van der Waals surface area contributed by atoms with Gasteiger partial charge in [0.25, 0.3) is 0 Å². The Bertz CT molecular complexity index is 3080. The summed E-state index contributed by atoms with van der Waals surface area (Å²) in [5.74, 6) is 3.59. The molecule has 0 aliphatic carbocycles. The fraction of sp³-hybridized carbons (Fsp3) is 0.0364. The molecule has 3 heterocycles. The topological polar surface area (TPSA) is 90.2 Å². The first kappa shape index (κ1) is 37.9. The highest BCUT2D eigenvalue weighted by Crippen LogP contribution is 2.45. The molecular weight excluding hydrogens is 759 g/mol. The van der Waals surface area contributed by atoms with Crippen LogP contribution in [0.15, 0.2) is 200 Å². The van der Waals surface area contributed by atoms with Crippen molar-refractivity contribution in [1.82, 2.24) is 34.9 Å². The lowest BCUT2D eigenvalue weighted by Gasteiger charge is -2.20. The van der Waals surface area contributed by atoms with E-state index in [4.69, 9.17) is 34.9 Å². The van der Waals surface area contributed by atoms with Crippen LogP contribution in [0.2, 0.25) is 0 Å². The number of rotatable bonds is 9. The molecule has 10 rings (SSSR count). The van der Waals surface area contributed by atoms with E-state index in [1.807, 2.05) is 134 Å². The van der Waals surface area contributed by atoms with Gasteiger partial charge in [0.1, 0.15) is 0 Å². The quantitative estimate of drug-likeness (QED) is 0.144. The van der Waals surface area contributed by atoms with E-state index in [9.17, 15) is 0 Å². The van der Waals surface area contributed by atoms with E-state index in [-0.39, 0.29) is 0 Å². The number of benzene rings is 7. The second kappa shape index (κ2) is 16.8. The van der Waals surface area contributed by atoms with Crippen molar-refractivity contribution in [1.29, 1.82) is 0 Å². The van der Waals surface area contributed by atoms with Gasteiger partial charge in [-0.15, -0.1) is 0 Å². The van der Waals surface area contributed by atoms with Gasteiger partial charge in [-0.2, -0.15) is 0 Å². The fourth-order valence-corrected chi connectivity index (χ4v) is 7.87. The van der Waals surface area contributed by atoms with Crippen molar-refractivity contribution in [3.63, 3.8) is 0 Å². The van der Waals surface area contributed by atoms with Crippen molar-refractivity contribution in [2.45, 2.75) is 13.8 Å². The van der Waals surface area contributed by atoms with Crippen molar-refractivity contribution in [2.24, 2.45) is 0 Å². The highest BCUT2D eigenvalue weighted by molar-refractivity contribution is 5.99. The number of nitrogens with zero attached hydrogens (tertiary/aromatic N) is 7. The number of aryl methyl sites for hydroxylation is 2. The Balaban J connectivity index is 1.19. The summed E-state index contributed by atoms with van der Waals surface area (Å²) in [4.78, 5) is 35.4. The third-order valence-electron chi connectivity index (χ3n) is 10.8. The van der Waals surface area contributed by atoms with Crippen LogP contribution >= 0.6 is 0 Å². The van der Waals surface area contributed by atoms with E-state index in [1.54, 1.807) is 0 Å². The maximum absolute atomic E-state index is 5.18. The molecule has 7 aromatic carbocycles. The molecular formula is C55H39N7. The predicted octanol–water partition coefficient (Wildman–Crippen LogP) is 13.1. The van der Waals surface area contributed by atoms with Crippen LogP contribution in [0.4, 0.5) is 0 Å². The largest absolute Gasteiger partial charge is 0.258 e. The van der Waals surface area contributed by atoms with Gasteiger partial charge in [0, 0.05) is 50.3 Å². The summed E-state index contributed by atoms with van der Waals surface area (Å²) in [6.07, 6.45) is 0. The Kier molecular flexibility index (Phi) is 10.3. The van der Waals surface area contributed by atoms with Crippen molar-refractivity contribution in [3.05, 3.63) is 212 Å². The fourth-order valence-electron chi connectivity index (χ4n) is 7.87. The molecule has 10 aromatic rings. The lowest BCUT2D eigenvalue weighted by molar-refractivity contribution is 1.07. The molecule has 0 saturated heterocycles. The first-order chi connectivity index (χ1) is 30.6. The first-order valence-electron chi connectivity index (χ1n) is 20.6. The molecule has 7 heteroatoms. The molecule has 0 unspecified atom stereocenters. The monoisotopic (exact) mass is 797 g/mol. The maximum Gasteiger partial charge on any atom is 0.164 e. The second-order valence-electron chi connectivity index (χ2n) is 15.0. The van der Waals surface area contributed by atoms with E-state index in [0.29, 0.717) is 34.9 Å². The molecule has 0 atom stereocenters. The SMILES string of the molecule is Cc1ccc(-c2cccc(-c3cccc(-c4nc(-c5ccccc5)nc(-c5ccccc5)n4)c3)c2-c2ccccc2-c2nc(-c3ccccc3)nc(-c3ccccc3)n2)c(C)n1. The van der Waals surface area contributed by atoms with Crippen LogP contribution in [0.5, 0.6) is 0 Å². The van der Waals surface area contributed by atoms with Gasteiger partial charge in [-0.25, -0.2) is 29.9 Å². The first-order valence-corrected chi connectivity index (χ1v) is 20.6. The molecule has 0 bridgehead atoms. The number of hydrogen-bond donors (Lipinski definition) is 0. The molecule has 0 N–H and O–H groups in total. The molecule has 0 aliphatic heterocycles. The zero-order chi connectivity index (χ0) is 41.8. The lowest BCUT2D eigenvalue weighted by Crippen LogP contribution is -2.02. The third-order valence-corrected chi connectivity index (χ3v) is 10.8. The Morgan fingerprint density at radius 2 is 0.613 bits per heavy atom. The van der Waals surface area contributed by atoms with Gasteiger partial charge in [-0.3, -0.25) is 4.98 Å². The Hall–Kier alpha value is -8.29. The van der Waals surface area contributed by atoms with Crippen molar-refractivity contribution in [2.75, 3.05) is 0 Å². The molecule has 3 aromatic heterocycles. The van der Waals surface area contributed by atoms with Crippen molar-refractivity contribution >= 4 is 0 Å². The van der Waals surface area contributed by atoms with Gasteiger partial charge < -0.3 is 0 Å². The summed E-state index contributed by atoms with van der Waals surface area (Å²) in [6, 6.07) is 67.8. The molecule has 0 aliphatic rings. The van der Waals surface area contributed by atoms with Crippen LogP contribution in [0.1, 0.15) is 11.4 Å². The normalized spacial score (nSPS) is 11.1. The molecule has 0 amide bonds. The van der Waals surface area contributed by atoms with Crippen molar-refractivity contribution < 1.29 is 0 Å². The van der Waals surface area contributed by atoms with Gasteiger partial charge in [-0.05, 0) is 53.8 Å². The van der Waals surface area contributed by atoms with Crippen LogP contribution in [0.3, 0.4) is 0 Å². The van der Waals surface area contributed by atoms with E-state index >= 15 is 0 Å². The summed E-state index contributed by atoms with van der Waals surface area (Å²) in [7, 11) is 0. The zero-order valence-electron chi connectivity index (χ0n) is 34.2. The van der Waals surface area contributed by atoms with Crippen LogP contribution in [-0.4, -0.2) is 34.9 Å². The van der Waals surface area contributed by atoms with E-state index in [1.165, 1.54) is 0 Å². The van der Waals surface area contributed by atoms with Crippen LogP contribution < -0.4 is 0 Å². The van der Waals surface area contributed by atoms with Crippen molar-refractivity contribution in [3.8, 4) is 102 Å². The van der Waals surface area contributed by atoms with Gasteiger partial charge >= 0.3 is 0 Å². The molecule has 0 saturated carbocycles. The van der Waals surface area contributed by atoms with E-state index in [2.05, 4.69) is 79.7 Å². The summed E-state index contributed by atoms with van der Waals surface area (Å²) >= 11 is 0. The standard InChI is InChI=1S/C55H39N7/c1-36-33-34-44(37(2)56-36)46-32-18-31-45(42-27-17-28-43(35-42)54-59-50(38-19-7-3-8-20-38)57-51(60-54)39-21-9-4-10-22-39)49(46)47-29-15-16-30-48(47)55-61-52(40-23-11-5-12-24-40)58-53(62-55)41-25-13-6-14-26-41/h3-35H,1-2H3. The zero-order valence-corrected chi connectivity index (χ0v) is 34.2. The van der Waals surface area contributed by atoms with Crippen LogP contribution in [0, 0.1) is 13.8 Å². The highest BCUT2D eigenvalue weighted by atomic mass is 15.0. The minimum atomic E-state index is 0.577. The Morgan fingerprint density at radius 1 is 0.242 bits per heavy atom. The molecule has 294 valence electrons. The van der Waals surface area contributed by atoms with Crippen LogP contribution in [0.25, 0.3) is 102 Å². The van der Waals surface area contributed by atoms with Crippen LogP contribution in [-0.2, 0) is 0 Å². The minimum Gasteiger partial charge on any atom is -0.258 e. The molecule has 7 nitrogen and oxygen atoms in total. The smallest absolute Gasteiger partial charge is 0.164 e. The highest BCUT2D eigenvalue weighted by Gasteiger charge is 2.22. The van der Waals surface area contributed by atoms with Gasteiger partial charge in [0.15, 0.2) is 34.9 Å². The Morgan fingerprint density at radius 3 is 1.11 bits per heavy atom. The maximum atomic E-state index is 5.18. The number of aromatic nitrogens is 7. The molecule has 0 radical (unpaired) electrons. The number of hydrogen-bond acceptors (Lipinski definition) is 7. The molecule has 0 fully saturated rings. The minimum absolute atomic E-state index is 0.577. The van der Waals surface area contributed by atoms with E-state index in [0.717, 1.165) is 78.1 Å². The van der Waals surface area contributed by atoms with Gasteiger partial charge in [-0.1, -0.05) is 188 Å².